The summed E-state index contributed by atoms with van der Waals surface area (Å²) in [5, 5.41) is 4.23. The summed E-state index contributed by atoms with van der Waals surface area (Å²) in [6.45, 7) is 7.35. The lowest BCUT2D eigenvalue weighted by atomic mass is 9.91. The largest absolute Gasteiger partial charge is 0.264 e. The van der Waals surface area contributed by atoms with Crippen LogP contribution >= 0.6 is 0 Å². The lowest BCUT2D eigenvalue weighted by Crippen LogP contribution is -2.14. The van der Waals surface area contributed by atoms with Crippen LogP contribution in [0.15, 0.2) is 5.29 Å². The van der Waals surface area contributed by atoms with Gasteiger partial charge in [0.05, 0.1) is 5.29 Å². The molecule has 0 heterocycles. The molecule has 0 spiro atoms. The smallest absolute Gasteiger partial charge is 0.0521 e. The maximum Gasteiger partial charge on any atom is 0.0521 e. The van der Waals surface area contributed by atoms with Gasteiger partial charge in [0.15, 0.2) is 0 Å². The van der Waals surface area contributed by atoms with Crippen LogP contribution in [0.25, 0.3) is 0 Å². The van der Waals surface area contributed by atoms with Gasteiger partial charge in [-0.3, -0.25) is 5.01 Å². The van der Waals surface area contributed by atoms with Gasteiger partial charge in [-0.25, -0.2) is 0 Å². The predicted molar refractivity (Wildman–Crippen MR) is 47.1 cm³/mol. The van der Waals surface area contributed by atoms with Crippen LogP contribution in [0, 0.1) is 10.3 Å². The first kappa shape index (κ1) is 10.4. The number of nitrogens with zero attached hydrogens (tertiary/aromatic N) is 2. The molecule has 11 heavy (non-hydrogen) atoms. The molecule has 3 heteroatoms. The van der Waals surface area contributed by atoms with Gasteiger partial charge in [-0.2, -0.15) is 0 Å². The normalized spacial score (nSPS) is 11.3. The fraction of sp³-hybridized carbons (Fsp3) is 1.00. The number of nitroso groups, excluding NO2 is 1. The van der Waals surface area contributed by atoms with Crippen LogP contribution in [0.4, 0.5) is 0 Å². The molecule has 0 N–H and O–H groups in total. The van der Waals surface area contributed by atoms with Crippen LogP contribution in [-0.4, -0.2) is 18.6 Å². The average Bonchev–Trinajstić information content (AvgIpc) is 1.85. The van der Waals surface area contributed by atoms with Gasteiger partial charge in [0.2, 0.25) is 0 Å². The molecule has 0 aromatic carbocycles. The third-order valence-electron chi connectivity index (χ3n) is 1.55. The molecule has 3 nitrogen and oxygen atoms in total. The second-order valence-corrected chi connectivity index (χ2v) is 4.13. The highest BCUT2D eigenvalue weighted by molar-refractivity contribution is 4.61. The lowest BCUT2D eigenvalue weighted by molar-refractivity contribution is 0.294. The van der Waals surface area contributed by atoms with Crippen LogP contribution in [0.2, 0.25) is 0 Å². The molecule has 0 unspecified atom stereocenters. The Morgan fingerprint density at radius 3 is 2.27 bits per heavy atom. The molecule has 0 amide bonds. The molecule has 66 valence electrons. The summed E-state index contributed by atoms with van der Waals surface area (Å²) >= 11 is 0. The van der Waals surface area contributed by atoms with E-state index >= 15 is 0 Å². The Hall–Kier alpha value is -0.600. The van der Waals surface area contributed by atoms with Crippen LogP contribution < -0.4 is 0 Å². The molecule has 0 aliphatic carbocycles. The summed E-state index contributed by atoms with van der Waals surface area (Å²) in [5.74, 6) is 0. The van der Waals surface area contributed by atoms with Crippen LogP contribution in [0.5, 0.6) is 0 Å². The molecule has 0 rings (SSSR count). The SMILES string of the molecule is CN(CCCC(C)(C)C)N=O. The number of hydrogen-bond acceptors (Lipinski definition) is 2. The maximum absolute atomic E-state index is 9.94. The molecule has 0 saturated carbocycles. The maximum atomic E-state index is 9.94. The van der Waals surface area contributed by atoms with E-state index in [0.29, 0.717) is 5.41 Å². The summed E-state index contributed by atoms with van der Waals surface area (Å²) in [6.07, 6.45) is 2.17. The Morgan fingerprint density at radius 2 is 1.91 bits per heavy atom. The van der Waals surface area contributed by atoms with Crippen LogP contribution in [-0.2, 0) is 0 Å². The monoisotopic (exact) mass is 158 g/mol. The quantitative estimate of drug-likeness (QED) is 0.465. The van der Waals surface area contributed by atoms with Crippen molar-refractivity contribution < 1.29 is 0 Å². The summed E-state index contributed by atoms with van der Waals surface area (Å²) in [6, 6.07) is 0. The van der Waals surface area contributed by atoms with E-state index in [1.807, 2.05) is 0 Å². The number of rotatable bonds is 4. The van der Waals surface area contributed by atoms with E-state index in [-0.39, 0.29) is 0 Å². The third-order valence-corrected chi connectivity index (χ3v) is 1.55. The summed E-state index contributed by atoms with van der Waals surface area (Å²) in [7, 11) is 1.70. The Balaban J connectivity index is 3.35. The Bertz CT molecular complexity index is 118. The molecule has 0 saturated heterocycles. The molecule has 0 aromatic rings. The Kier molecular flexibility index (Phi) is 4.08. The zero-order valence-corrected chi connectivity index (χ0v) is 7.92. The molecule has 0 aliphatic heterocycles. The molecule has 0 aromatic heterocycles. The second-order valence-electron chi connectivity index (χ2n) is 4.13. The summed E-state index contributed by atoms with van der Waals surface area (Å²) in [5.41, 5.74) is 0.365. The zero-order valence-electron chi connectivity index (χ0n) is 7.92. The first-order valence-corrected chi connectivity index (χ1v) is 4.00. The molecular weight excluding hydrogens is 140 g/mol. The van der Waals surface area contributed by atoms with Crippen molar-refractivity contribution in [2.75, 3.05) is 13.6 Å². The molecule has 0 radical (unpaired) electrons. The van der Waals surface area contributed by atoms with Gasteiger partial charge in [-0.15, -0.1) is 4.91 Å². The minimum absolute atomic E-state index is 0.365. The first-order valence-electron chi connectivity index (χ1n) is 4.00. The van der Waals surface area contributed by atoms with Gasteiger partial charge in [0.1, 0.15) is 0 Å². The third kappa shape index (κ3) is 7.30. The van der Waals surface area contributed by atoms with Gasteiger partial charge in [-0.1, -0.05) is 20.8 Å². The Labute approximate surface area is 68.7 Å². The van der Waals surface area contributed by atoms with Crippen molar-refractivity contribution in [2.24, 2.45) is 10.7 Å². The van der Waals surface area contributed by atoms with Crippen molar-refractivity contribution in [1.29, 1.82) is 0 Å². The fourth-order valence-electron chi connectivity index (χ4n) is 0.879. The van der Waals surface area contributed by atoms with Gasteiger partial charge >= 0.3 is 0 Å². The second kappa shape index (κ2) is 4.31. The zero-order chi connectivity index (χ0) is 8.91. The molecule has 0 atom stereocenters. The van der Waals surface area contributed by atoms with Crippen LogP contribution in [0.1, 0.15) is 33.6 Å². The van der Waals surface area contributed by atoms with Gasteiger partial charge in [-0.05, 0) is 18.3 Å². The van der Waals surface area contributed by atoms with Crippen molar-refractivity contribution in [3.8, 4) is 0 Å². The molecule has 0 fully saturated rings. The number of hydrogen-bond donors (Lipinski definition) is 0. The summed E-state index contributed by atoms with van der Waals surface area (Å²) < 4.78 is 0. The fourth-order valence-corrected chi connectivity index (χ4v) is 0.879. The summed E-state index contributed by atoms with van der Waals surface area (Å²) in [4.78, 5) is 9.94. The van der Waals surface area contributed by atoms with Crippen molar-refractivity contribution in [3.05, 3.63) is 4.91 Å². The molecule has 0 bridgehead atoms. The van der Waals surface area contributed by atoms with E-state index in [9.17, 15) is 4.91 Å². The minimum Gasteiger partial charge on any atom is -0.264 e. The van der Waals surface area contributed by atoms with Crippen molar-refractivity contribution in [3.63, 3.8) is 0 Å². The Morgan fingerprint density at radius 1 is 1.36 bits per heavy atom. The molecule has 0 aliphatic rings. The van der Waals surface area contributed by atoms with Gasteiger partial charge < -0.3 is 0 Å². The van der Waals surface area contributed by atoms with Gasteiger partial charge in [0.25, 0.3) is 0 Å². The highest BCUT2D eigenvalue weighted by Crippen LogP contribution is 2.20. The van der Waals surface area contributed by atoms with Crippen molar-refractivity contribution >= 4 is 0 Å². The highest BCUT2D eigenvalue weighted by atomic mass is 16.3. The van der Waals surface area contributed by atoms with Crippen molar-refractivity contribution in [2.45, 2.75) is 33.6 Å². The van der Waals surface area contributed by atoms with E-state index in [0.717, 1.165) is 19.4 Å². The standard InChI is InChI=1S/C8H18N2O/c1-8(2,3)6-5-7-10(4)9-11/h5-7H2,1-4H3. The predicted octanol–water partition coefficient (Wildman–Crippen LogP) is 2.43. The van der Waals surface area contributed by atoms with E-state index < -0.39 is 0 Å². The molecular formula is C8H18N2O. The highest BCUT2D eigenvalue weighted by Gasteiger charge is 2.09. The van der Waals surface area contributed by atoms with E-state index in [1.54, 1.807) is 7.05 Å². The van der Waals surface area contributed by atoms with Gasteiger partial charge in [0, 0.05) is 13.6 Å². The van der Waals surface area contributed by atoms with Crippen LogP contribution in [0.3, 0.4) is 0 Å². The van der Waals surface area contributed by atoms with E-state index in [1.165, 1.54) is 5.01 Å². The average molecular weight is 158 g/mol. The topological polar surface area (TPSA) is 32.7 Å². The van der Waals surface area contributed by atoms with E-state index in [2.05, 4.69) is 26.1 Å². The minimum atomic E-state index is 0.365. The lowest BCUT2D eigenvalue weighted by Gasteiger charge is -2.18. The van der Waals surface area contributed by atoms with E-state index in [4.69, 9.17) is 0 Å². The van der Waals surface area contributed by atoms with Crippen molar-refractivity contribution in [1.82, 2.24) is 5.01 Å². The first-order chi connectivity index (χ1) is 4.95.